The van der Waals surface area contributed by atoms with E-state index < -0.39 is 0 Å². The molecule has 0 bridgehead atoms. The molecule has 0 aliphatic heterocycles. The van der Waals surface area contributed by atoms with Crippen molar-refractivity contribution in [2.45, 2.75) is 19.4 Å². The van der Waals surface area contributed by atoms with Crippen molar-refractivity contribution in [1.82, 2.24) is 4.98 Å². The summed E-state index contributed by atoms with van der Waals surface area (Å²) in [6.07, 6.45) is 0.280. The van der Waals surface area contributed by atoms with Gasteiger partial charge in [0, 0.05) is 21.8 Å². The van der Waals surface area contributed by atoms with Gasteiger partial charge in [-0.25, -0.2) is 4.98 Å². The van der Waals surface area contributed by atoms with Gasteiger partial charge in [0.1, 0.15) is 5.01 Å². The first-order chi connectivity index (χ1) is 7.65. The molecular formula is C12H12BrNOS. The number of nitrogens with zero attached hydrogens (tertiary/aromatic N) is 1. The number of hydrogen-bond acceptors (Lipinski definition) is 3. The second kappa shape index (κ2) is 5.08. The maximum Gasteiger partial charge on any atom is 0.123 e. The topological polar surface area (TPSA) is 33.1 Å². The minimum atomic E-state index is -0.336. The predicted octanol–water partition coefficient (Wildman–Crippen LogP) is 3.50. The number of aromatic nitrogens is 1. The van der Waals surface area contributed by atoms with Crippen LogP contribution >= 0.6 is 27.3 Å². The van der Waals surface area contributed by atoms with Crippen LogP contribution in [0.3, 0.4) is 0 Å². The average Bonchev–Trinajstić information content (AvgIpc) is 2.65. The van der Waals surface area contributed by atoms with Crippen LogP contribution in [0.25, 0.3) is 10.6 Å². The lowest BCUT2D eigenvalue weighted by molar-refractivity contribution is 0.194. The number of benzene rings is 1. The summed E-state index contributed by atoms with van der Waals surface area (Å²) in [7, 11) is 0. The predicted molar refractivity (Wildman–Crippen MR) is 70.6 cm³/mol. The molecule has 1 unspecified atom stereocenters. The molecule has 1 aromatic heterocycles. The highest BCUT2D eigenvalue weighted by molar-refractivity contribution is 9.10. The number of rotatable bonds is 3. The maximum atomic E-state index is 9.29. The summed E-state index contributed by atoms with van der Waals surface area (Å²) in [5.41, 5.74) is 2.06. The summed E-state index contributed by atoms with van der Waals surface area (Å²) in [6, 6.07) is 8.07. The molecule has 1 aromatic carbocycles. The van der Waals surface area contributed by atoms with Crippen LogP contribution < -0.4 is 0 Å². The fraction of sp³-hybridized carbons (Fsp3) is 0.250. The highest BCUT2D eigenvalue weighted by atomic mass is 79.9. The number of hydrogen-bond donors (Lipinski definition) is 1. The van der Waals surface area contributed by atoms with Crippen LogP contribution in [0.1, 0.15) is 12.6 Å². The normalized spacial score (nSPS) is 12.7. The van der Waals surface area contributed by atoms with Crippen LogP contribution in [0.2, 0.25) is 0 Å². The van der Waals surface area contributed by atoms with E-state index in [9.17, 15) is 5.11 Å². The summed E-state index contributed by atoms with van der Waals surface area (Å²) in [5.74, 6) is 0. The van der Waals surface area contributed by atoms with E-state index in [4.69, 9.17) is 0 Å². The molecule has 2 aromatic rings. The lowest BCUT2D eigenvalue weighted by atomic mass is 10.2. The van der Waals surface area contributed by atoms with Gasteiger partial charge in [-0.2, -0.15) is 0 Å². The van der Waals surface area contributed by atoms with Crippen molar-refractivity contribution in [2.75, 3.05) is 0 Å². The molecule has 0 radical (unpaired) electrons. The minimum Gasteiger partial charge on any atom is -0.393 e. The summed E-state index contributed by atoms with van der Waals surface area (Å²) < 4.78 is 1.05. The van der Waals surface area contributed by atoms with Gasteiger partial charge < -0.3 is 5.11 Å². The molecule has 0 spiro atoms. The second-order valence-electron chi connectivity index (χ2n) is 3.71. The molecule has 2 nitrogen and oxygen atoms in total. The largest absolute Gasteiger partial charge is 0.393 e. The Balaban J connectivity index is 2.24. The van der Waals surface area contributed by atoms with Crippen LogP contribution in [0.4, 0.5) is 0 Å². The highest BCUT2D eigenvalue weighted by Crippen LogP contribution is 2.26. The maximum absolute atomic E-state index is 9.29. The summed E-state index contributed by atoms with van der Waals surface area (Å²) in [5, 5.41) is 12.3. The number of thiazole rings is 1. The molecule has 0 aliphatic carbocycles. The SMILES string of the molecule is CC(O)Cc1csc(-c2cccc(Br)c2)n1. The van der Waals surface area contributed by atoms with E-state index in [0.717, 1.165) is 20.7 Å². The monoisotopic (exact) mass is 297 g/mol. The molecule has 0 saturated carbocycles. The van der Waals surface area contributed by atoms with Gasteiger partial charge in [-0.05, 0) is 19.1 Å². The molecule has 2 rings (SSSR count). The molecule has 1 N–H and O–H groups in total. The molecule has 0 fully saturated rings. The Morgan fingerprint density at radius 2 is 2.31 bits per heavy atom. The lowest BCUT2D eigenvalue weighted by Gasteiger charge is -1.99. The Kier molecular flexibility index (Phi) is 3.74. The second-order valence-corrected chi connectivity index (χ2v) is 5.48. The molecule has 0 saturated heterocycles. The van der Waals surface area contributed by atoms with Crippen LogP contribution in [0.5, 0.6) is 0 Å². The van der Waals surface area contributed by atoms with Gasteiger partial charge in [0.25, 0.3) is 0 Å². The Morgan fingerprint density at radius 3 is 3.00 bits per heavy atom. The zero-order valence-electron chi connectivity index (χ0n) is 8.85. The first kappa shape index (κ1) is 11.8. The van der Waals surface area contributed by atoms with Gasteiger partial charge in [0.15, 0.2) is 0 Å². The van der Waals surface area contributed by atoms with Gasteiger partial charge in [-0.3, -0.25) is 0 Å². The van der Waals surface area contributed by atoms with E-state index in [0.29, 0.717) is 6.42 Å². The Morgan fingerprint density at radius 1 is 1.50 bits per heavy atom. The first-order valence-corrected chi connectivity index (χ1v) is 6.71. The van der Waals surface area contributed by atoms with E-state index in [1.54, 1.807) is 18.3 Å². The summed E-state index contributed by atoms with van der Waals surface area (Å²) in [6.45, 7) is 1.78. The Labute approximate surface area is 107 Å². The van der Waals surface area contributed by atoms with Gasteiger partial charge in [0.2, 0.25) is 0 Å². The Bertz CT molecular complexity index is 481. The van der Waals surface area contributed by atoms with Crippen molar-refractivity contribution < 1.29 is 5.11 Å². The summed E-state index contributed by atoms with van der Waals surface area (Å²) >= 11 is 5.05. The minimum absolute atomic E-state index is 0.336. The lowest BCUT2D eigenvalue weighted by Crippen LogP contribution is -2.04. The molecule has 16 heavy (non-hydrogen) atoms. The van der Waals surface area contributed by atoms with Crippen molar-refractivity contribution >= 4 is 27.3 Å². The zero-order chi connectivity index (χ0) is 11.5. The van der Waals surface area contributed by atoms with Crippen molar-refractivity contribution in [3.8, 4) is 10.6 Å². The van der Waals surface area contributed by atoms with Crippen molar-refractivity contribution in [2.24, 2.45) is 0 Å². The Hall–Kier alpha value is -0.710. The van der Waals surface area contributed by atoms with E-state index in [2.05, 4.69) is 20.9 Å². The third-order valence-electron chi connectivity index (χ3n) is 2.13. The van der Waals surface area contributed by atoms with Gasteiger partial charge >= 0.3 is 0 Å². The van der Waals surface area contributed by atoms with Gasteiger partial charge in [-0.1, -0.05) is 28.1 Å². The average molecular weight is 298 g/mol. The third kappa shape index (κ3) is 2.90. The van der Waals surface area contributed by atoms with Crippen molar-refractivity contribution in [3.63, 3.8) is 0 Å². The molecule has 1 heterocycles. The highest BCUT2D eigenvalue weighted by Gasteiger charge is 2.06. The number of aliphatic hydroxyl groups is 1. The molecule has 0 aliphatic rings. The fourth-order valence-corrected chi connectivity index (χ4v) is 2.69. The van der Waals surface area contributed by atoms with Crippen LogP contribution in [-0.2, 0) is 6.42 Å². The van der Waals surface area contributed by atoms with E-state index in [1.165, 1.54) is 0 Å². The molecular weight excluding hydrogens is 286 g/mol. The van der Waals surface area contributed by atoms with Crippen molar-refractivity contribution in [1.29, 1.82) is 0 Å². The van der Waals surface area contributed by atoms with Gasteiger partial charge in [-0.15, -0.1) is 11.3 Å². The number of aliphatic hydroxyl groups excluding tert-OH is 1. The van der Waals surface area contributed by atoms with Crippen LogP contribution in [-0.4, -0.2) is 16.2 Å². The molecule has 1 atom stereocenters. The molecule has 4 heteroatoms. The number of halogens is 1. The van der Waals surface area contributed by atoms with E-state index in [1.807, 2.05) is 29.6 Å². The first-order valence-electron chi connectivity index (χ1n) is 5.03. The third-order valence-corrected chi connectivity index (χ3v) is 3.56. The molecule has 0 amide bonds. The van der Waals surface area contributed by atoms with Crippen LogP contribution in [0.15, 0.2) is 34.1 Å². The quantitative estimate of drug-likeness (QED) is 0.941. The van der Waals surface area contributed by atoms with E-state index in [-0.39, 0.29) is 6.10 Å². The summed E-state index contributed by atoms with van der Waals surface area (Å²) in [4.78, 5) is 4.50. The fourth-order valence-electron chi connectivity index (χ4n) is 1.46. The van der Waals surface area contributed by atoms with E-state index >= 15 is 0 Å². The van der Waals surface area contributed by atoms with Crippen LogP contribution in [0, 0.1) is 0 Å². The zero-order valence-corrected chi connectivity index (χ0v) is 11.3. The smallest absolute Gasteiger partial charge is 0.123 e. The van der Waals surface area contributed by atoms with Crippen molar-refractivity contribution in [3.05, 3.63) is 39.8 Å². The molecule has 84 valence electrons. The van der Waals surface area contributed by atoms with Gasteiger partial charge in [0.05, 0.1) is 11.8 Å². The standard InChI is InChI=1S/C12H12BrNOS/c1-8(15)5-11-7-16-12(14-11)9-3-2-4-10(13)6-9/h2-4,6-8,15H,5H2,1H3.